The van der Waals surface area contributed by atoms with Gasteiger partial charge in [0.05, 0.1) is 11.0 Å². The first-order chi connectivity index (χ1) is 13.4. The molecule has 0 fully saturated rings. The van der Waals surface area contributed by atoms with Gasteiger partial charge in [0.1, 0.15) is 0 Å². The van der Waals surface area contributed by atoms with Crippen LogP contribution >= 0.6 is 0 Å². The van der Waals surface area contributed by atoms with Gasteiger partial charge in [-0.3, -0.25) is 9.97 Å². The molecule has 0 atom stereocenters. The highest BCUT2D eigenvalue weighted by Gasteiger charge is 2.09. The van der Waals surface area contributed by atoms with E-state index in [0.29, 0.717) is 11.4 Å². The maximum Gasteiger partial charge on any atom is 0.316 e. The predicted octanol–water partition coefficient (Wildman–Crippen LogP) is 4.22. The Hall–Kier alpha value is -3.87. The van der Waals surface area contributed by atoms with Crippen molar-refractivity contribution in [2.24, 2.45) is 5.73 Å². The van der Waals surface area contributed by atoms with E-state index >= 15 is 0 Å². The molecule has 28 heavy (non-hydrogen) atoms. The number of nitrogens with one attached hydrogen (secondary N) is 2. The summed E-state index contributed by atoms with van der Waals surface area (Å²) in [5, 5.41) is 7.79. The third kappa shape index (κ3) is 3.37. The highest BCUT2D eigenvalue weighted by molar-refractivity contribution is 5.99. The Morgan fingerprint density at radius 1 is 0.857 bits per heavy atom. The van der Waals surface area contributed by atoms with E-state index in [-0.39, 0.29) is 0 Å². The molecule has 4 rings (SSSR count). The second-order valence-electron chi connectivity index (χ2n) is 6.74. The number of aryl methyl sites for hydroxylation is 2. The molecule has 0 aliphatic carbocycles. The molecule has 2 aromatic heterocycles. The van der Waals surface area contributed by atoms with Crippen LogP contribution in [0.5, 0.6) is 0 Å². The number of pyridine rings is 2. The number of hydrogen-bond donors (Lipinski definition) is 4. The third-order valence-electron chi connectivity index (χ3n) is 4.45. The summed E-state index contributed by atoms with van der Waals surface area (Å²) in [4.78, 5) is 20.3. The Labute approximate surface area is 161 Å². The Bertz CT molecular complexity index is 1230. The molecule has 2 heterocycles. The van der Waals surface area contributed by atoms with Gasteiger partial charge in [-0.1, -0.05) is 0 Å². The van der Waals surface area contributed by atoms with Crippen LogP contribution in [0.25, 0.3) is 21.8 Å². The number of carbonyl (C=O) groups is 1. The molecule has 0 aliphatic heterocycles. The van der Waals surface area contributed by atoms with E-state index in [4.69, 9.17) is 11.5 Å². The van der Waals surface area contributed by atoms with Gasteiger partial charge >= 0.3 is 6.03 Å². The second kappa shape index (κ2) is 6.70. The molecule has 140 valence electrons. The predicted molar refractivity (Wildman–Crippen MR) is 114 cm³/mol. The highest BCUT2D eigenvalue weighted by atomic mass is 16.2. The molecule has 0 saturated carbocycles. The summed E-state index contributed by atoms with van der Waals surface area (Å²) in [5.74, 6) is 0. The van der Waals surface area contributed by atoms with Gasteiger partial charge in [-0.25, -0.2) is 4.79 Å². The molecule has 7 nitrogen and oxygen atoms in total. The zero-order chi connectivity index (χ0) is 19.8. The molecule has 2 aromatic carbocycles. The van der Waals surface area contributed by atoms with Gasteiger partial charge in [-0.15, -0.1) is 0 Å². The fourth-order valence-electron chi connectivity index (χ4n) is 3.30. The number of nitrogen functional groups attached to an aromatic ring is 1. The van der Waals surface area contributed by atoms with Gasteiger partial charge in [0.15, 0.2) is 0 Å². The lowest BCUT2D eigenvalue weighted by Crippen LogP contribution is -2.19. The number of urea groups is 1. The van der Waals surface area contributed by atoms with Gasteiger partial charge in [-0.2, -0.15) is 0 Å². The molecule has 6 N–H and O–H groups in total. The SMILES string of the molecule is Cc1cc(N)c2cc(Nc3cc(C)nc4ccc(NC(N)=O)cc34)ccc2n1. The van der Waals surface area contributed by atoms with Gasteiger partial charge in [0.2, 0.25) is 0 Å². The minimum Gasteiger partial charge on any atom is -0.398 e. The molecule has 0 saturated heterocycles. The van der Waals surface area contributed by atoms with Crippen molar-refractivity contribution >= 4 is 50.6 Å². The first kappa shape index (κ1) is 17.5. The lowest BCUT2D eigenvalue weighted by atomic mass is 10.1. The molecule has 7 heteroatoms. The Kier molecular flexibility index (Phi) is 4.19. The largest absolute Gasteiger partial charge is 0.398 e. The summed E-state index contributed by atoms with van der Waals surface area (Å²) in [7, 11) is 0. The normalized spacial score (nSPS) is 10.9. The van der Waals surface area contributed by atoms with Gasteiger partial charge < -0.3 is 22.1 Å². The molecular weight excluding hydrogens is 352 g/mol. The van der Waals surface area contributed by atoms with Crippen LogP contribution in [0.15, 0.2) is 48.5 Å². The quantitative estimate of drug-likeness (QED) is 0.429. The topological polar surface area (TPSA) is 119 Å². The number of primary amides is 1. The van der Waals surface area contributed by atoms with Crippen LogP contribution in [0, 0.1) is 13.8 Å². The Morgan fingerprint density at radius 2 is 1.46 bits per heavy atom. The lowest BCUT2D eigenvalue weighted by molar-refractivity contribution is 0.259. The number of nitrogens with two attached hydrogens (primary N) is 2. The van der Waals surface area contributed by atoms with Gasteiger partial charge in [0, 0.05) is 44.9 Å². The van der Waals surface area contributed by atoms with Crippen molar-refractivity contribution in [2.45, 2.75) is 13.8 Å². The summed E-state index contributed by atoms with van der Waals surface area (Å²) in [5.41, 5.74) is 17.9. The van der Waals surface area contributed by atoms with E-state index in [1.165, 1.54) is 0 Å². The van der Waals surface area contributed by atoms with Crippen molar-refractivity contribution in [3.63, 3.8) is 0 Å². The molecule has 0 radical (unpaired) electrons. The maximum atomic E-state index is 11.2. The minimum atomic E-state index is -0.610. The summed E-state index contributed by atoms with van der Waals surface area (Å²) in [6.45, 7) is 3.86. The van der Waals surface area contributed by atoms with E-state index in [1.807, 2.05) is 56.3 Å². The number of fused-ring (bicyclic) bond motifs is 2. The van der Waals surface area contributed by atoms with Gasteiger partial charge in [0.25, 0.3) is 0 Å². The standard InChI is InChI=1S/C21H20N6O/c1-11-7-17(22)15-9-13(3-5-18(15)24-11)26-20-8-12(2)25-19-6-4-14(10-16(19)20)27-21(23)28/h3-10H,1-2H3,(H2,22,24)(H,25,26)(H3,23,27,28). The monoisotopic (exact) mass is 372 g/mol. The second-order valence-corrected chi connectivity index (χ2v) is 6.74. The molecule has 2 amide bonds. The lowest BCUT2D eigenvalue weighted by Gasteiger charge is -2.13. The van der Waals surface area contributed by atoms with Crippen molar-refractivity contribution in [2.75, 3.05) is 16.4 Å². The molecule has 0 spiro atoms. The first-order valence-electron chi connectivity index (χ1n) is 8.81. The number of anilines is 4. The molecule has 0 unspecified atom stereocenters. The summed E-state index contributed by atoms with van der Waals surface area (Å²) in [6, 6.07) is 14.6. The zero-order valence-corrected chi connectivity index (χ0v) is 15.6. The number of nitrogens with zero attached hydrogens (tertiary/aromatic N) is 2. The first-order valence-corrected chi connectivity index (χ1v) is 8.81. The minimum absolute atomic E-state index is 0.608. The van der Waals surface area contributed by atoms with Gasteiger partial charge in [-0.05, 0) is 62.4 Å². The molecular formula is C21H20N6O. The average Bonchev–Trinajstić information content (AvgIpc) is 2.62. The van der Waals surface area contributed by atoms with Crippen LogP contribution in [-0.2, 0) is 0 Å². The van der Waals surface area contributed by atoms with Crippen molar-refractivity contribution in [3.8, 4) is 0 Å². The van der Waals surface area contributed by atoms with Crippen molar-refractivity contribution in [1.82, 2.24) is 9.97 Å². The van der Waals surface area contributed by atoms with E-state index < -0.39 is 6.03 Å². The van der Waals surface area contributed by atoms with Crippen molar-refractivity contribution in [3.05, 3.63) is 59.9 Å². The Morgan fingerprint density at radius 3 is 2.18 bits per heavy atom. The van der Waals surface area contributed by atoms with Crippen LogP contribution in [0.4, 0.5) is 27.5 Å². The Balaban J connectivity index is 1.80. The fourth-order valence-corrected chi connectivity index (χ4v) is 3.30. The number of benzene rings is 2. The summed E-state index contributed by atoms with van der Waals surface area (Å²) < 4.78 is 0. The van der Waals surface area contributed by atoms with E-state index in [1.54, 1.807) is 6.07 Å². The van der Waals surface area contributed by atoms with Crippen LogP contribution in [0.1, 0.15) is 11.4 Å². The summed E-state index contributed by atoms with van der Waals surface area (Å²) in [6.07, 6.45) is 0. The van der Waals surface area contributed by atoms with Crippen molar-refractivity contribution < 1.29 is 4.79 Å². The van der Waals surface area contributed by atoms with Crippen LogP contribution in [0.3, 0.4) is 0 Å². The smallest absolute Gasteiger partial charge is 0.316 e. The van der Waals surface area contributed by atoms with Crippen LogP contribution in [-0.4, -0.2) is 16.0 Å². The molecule has 0 bridgehead atoms. The third-order valence-corrected chi connectivity index (χ3v) is 4.45. The number of aromatic nitrogens is 2. The molecule has 0 aliphatic rings. The zero-order valence-electron chi connectivity index (χ0n) is 15.6. The number of carbonyl (C=O) groups excluding carboxylic acids is 1. The number of amides is 2. The summed E-state index contributed by atoms with van der Waals surface area (Å²) >= 11 is 0. The van der Waals surface area contributed by atoms with E-state index in [0.717, 1.165) is 44.6 Å². The van der Waals surface area contributed by atoms with E-state index in [2.05, 4.69) is 20.6 Å². The van der Waals surface area contributed by atoms with Crippen molar-refractivity contribution in [1.29, 1.82) is 0 Å². The number of rotatable bonds is 3. The average molecular weight is 372 g/mol. The fraction of sp³-hybridized carbons (Fsp3) is 0.0952. The molecule has 4 aromatic rings. The number of hydrogen-bond acceptors (Lipinski definition) is 5. The van der Waals surface area contributed by atoms with E-state index in [9.17, 15) is 4.79 Å². The highest BCUT2D eigenvalue weighted by Crippen LogP contribution is 2.31. The van der Waals surface area contributed by atoms with Crippen LogP contribution < -0.4 is 22.1 Å². The van der Waals surface area contributed by atoms with Crippen LogP contribution in [0.2, 0.25) is 0 Å². The maximum absolute atomic E-state index is 11.2.